The van der Waals surface area contributed by atoms with E-state index < -0.39 is 17.8 Å². The van der Waals surface area contributed by atoms with Crippen molar-refractivity contribution in [3.05, 3.63) is 70.6 Å². The second-order valence-corrected chi connectivity index (χ2v) is 11.9. The number of fused-ring (bicyclic) bond motifs is 2. The monoisotopic (exact) mass is 600 g/mol. The Kier molecular flexibility index (Phi) is 8.33. The van der Waals surface area contributed by atoms with E-state index in [4.69, 9.17) is 26.3 Å². The van der Waals surface area contributed by atoms with Gasteiger partial charge >= 0.3 is 6.01 Å². The maximum atomic E-state index is 13.8. The lowest BCUT2D eigenvalue weighted by Crippen LogP contribution is -2.55. The van der Waals surface area contributed by atoms with E-state index in [1.54, 1.807) is 0 Å². The smallest absolute Gasteiger partial charge is 0.318 e. The molecule has 8 nitrogen and oxygen atoms in total. The summed E-state index contributed by atoms with van der Waals surface area (Å²) in [5, 5.41) is 12.3. The first-order chi connectivity index (χ1) is 20.8. The van der Waals surface area contributed by atoms with Crippen molar-refractivity contribution in [1.29, 1.82) is 5.26 Å². The zero-order valence-electron chi connectivity index (χ0n) is 24.2. The van der Waals surface area contributed by atoms with Crippen molar-refractivity contribution < 1.29 is 13.9 Å². The molecule has 0 spiro atoms. The minimum absolute atomic E-state index is 0.0755. The summed E-state index contributed by atoms with van der Waals surface area (Å²) < 4.78 is 20.0. The quantitative estimate of drug-likeness (QED) is 0.324. The highest BCUT2D eigenvalue weighted by molar-refractivity contribution is 6.36. The number of hydrogen-bond donors (Lipinski definition) is 0. The van der Waals surface area contributed by atoms with Crippen LogP contribution in [0.15, 0.2) is 48.8 Å². The molecule has 2 saturated heterocycles. The van der Waals surface area contributed by atoms with Gasteiger partial charge in [-0.1, -0.05) is 48.5 Å². The highest BCUT2D eigenvalue weighted by Crippen LogP contribution is 2.39. The first-order valence-electron chi connectivity index (χ1n) is 14.7. The number of likely N-dealkylation sites (tertiary alicyclic amines) is 1. The predicted octanol–water partition coefficient (Wildman–Crippen LogP) is 5.66. The third-order valence-corrected chi connectivity index (χ3v) is 9.15. The van der Waals surface area contributed by atoms with Gasteiger partial charge in [-0.25, -0.2) is 4.39 Å². The molecule has 2 fully saturated rings. The van der Waals surface area contributed by atoms with Crippen molar-refractivity contribution in [2.75, 3.05) is 44.7 Å². The third kappa shape index (κ3) is 5.82. The highest BCUT2D eigenvalue weighted by atomic mass is 35.5. The largest absolute Gasteiger partial charge is 0.462 e. The van der Waals surface area contributed by atoms with Crippen LogP contribution in [0, 0.1) is 11.3 Å². The number of nitrogens with zero attached hydrogens (tertiary/aromatic N) is 6. The summed E-state index contributed by atoms with van der Waals surface area (Å²) in [6, 6.07) is 14.4. The minimum atomic E-state index is -1.02. The van der Waals surface area contributed by atoms with Crippen LogP contribution in [-0.4, -0.2) is 77.6 Å². The number of halogens is 2. The molecule has 0 radical (unpaired) electrons. The second-order valence-electron chi connectivity index (χ2n) is 11.5. The Balaban J connectivity index is 1.38. The van der Waals surface area contributed by atoms with Crippen molar-refractivity contribution in [2.24, 2.45) is 0 Å². The van der Waals surface area contributed by atoms with Crippen LogP contribution in [0.4, 0.5) is 10.2 Å². The van der Waals surface area contributed by atoms with Gasteiger partial charge in [0.1, 0.15) is 12.4 Å². The SMILES string of the molecule is C=C(F)C(=O)N1CCN(c2nc(OCC3CCCN3C)nc3c2CCC(c2cccc4cccc(Cl)c24)=C3)CC1CC#N. The lowest BCUT2D eigenvalue weighted by Gasteiger charge is -2.41. The van der Waals surface area contributed by atoms with Crippen LogP contribution in [0.3, 0.4) is 0 Å². The zero-order valence-corrected chi connectivity index (χ0v) is 25.0. The number of ether oxygens (including phenoxy) is 1. The van der Waals surface area contributed by atoms with Crippen LogP contribution in [0.1, 0.15) is 42.5 Å². The summed E-state index contributed by atoms with van der Waals surface area (Å²) in [6.45, 7) is 5.74. The molecule has 1 aromatic heterocycles. The molecule has 0 bridgehead atoms. The fourth-order valence-electron chi connectivity index (χ4n) is 6.54. The van der Waals surface area contributed by atoms with Gasteiger partial charge in [0, 0.05) is 41.6 Å². The Hall–Kier alpha value is -4.00. The van der Waals surface area contributed by atoms with Crippen LogP contribution in [0.5, 0.6) is 6.01 Å². The molecule has 3 aliphatic rings. The van der Waals surface area contributed by atoms with E-state index in [1.807, 2.05) is 18.2 Å². The van der Waals surface area contributed by atoms with Crippen LogP contribution >= 0.6 is 11.6 Å². The van der Waals surface area contributed by atoms with Crippen molar-refractivity contribution >= 4 is 45.7 Å². The molecular formula is C33H34ClFN6O2. The number of likely N-dealkylation sites (N-methyl/N-ethyl adjacent to an activating group) is 1. The van der Waals surface area contributed by atoms with Gasteiger partial charge in [-0.3, -0.25) is 4.79 Å². The number of amides is 1. The van der Waals surface area contributed by atoms with Gasteiger partial charge in [0.05, 0.1) is 24.2 Å². The molecule has 1 aliphatic carbocycles. The fraction of sp³-hybridized carbons (Fsp3) is 0.394. The molecule has 2 aliphatic heterocycles. The Morgan fingerprint density at radius 3 is 2.72 bits per heavy atom. The van der Waals surface area contributed by atoms with Gasteiger partial charge in [-0.2, -0.15) is 15.2 Å². The molecule has 0 saturated carbocycles. The van der Waals surface area contributed by atoms with Crippen molar-refractivity contribution in [3.63, 3.8) is 0 Å². The number of benzene rings is 2. The first kappa shape index (κ1) is 29.1. The fourth-order valence-corrected chi connectivity index (χ4v) is 6.82. The van der Waals surface area contributed by atoms with E-state index in [-0.39, 0.29) is 13.0 Å². The average Bonchev–Trinajstić information content (AvgIpc) is 3.43. The van der Waals surface area contributed by atoms with Gasteiger partial charge < -0.3 is 19.4 Å². The van der Waals surface area contributed by atoms with Crippen molar-refractivity contribution in [1.82, 2.24) is 19.8 Å². The van der Waals surface area contributed by atoms with Gasteiger partial charge in [-0.15, -0.1) is 0 Å². The standard InChI is InChI=1S/C33H34ClFN6O2/c1-21(35)32(42)41-17-16-40(19-24(41)13-14-36)31-27-12-11-23(26-9-3-6-22-7-4-10-28(34)30(22)26)18-29(27)37-33(38-31)43-20-25-8-5-15-39(25)2/h3-4,6-7,9-10,18,24-25H,1,5,8,11-13,15-17,19-20H2,2H3. The molecule has 3 heterocycles. The van der Waals surface area contributed by atoms with Gasteiger partial charge in [0.2, 0.25) is 0 Å². The molecule has 6 rings (SSSR count). The number of hydrogen-bond acceptors (Lipinski definition) is 7. The molecule has 2 aromatic carbocycles. The molecular weight excluding hydrogens is 567 g/mol. The Morgan fingerprint density at radius 2 is 1.98 bits per heavy atom. The lowest BCUT2D eigenvalue weighted by atomic mass is 9.88. The molecule has 10 heteroatoms. The Morgan fingerprint density at radius 1 is 1.16 bits per heavy atom. The zero-order chi connectivity index (χ0) is 30.1. The van der Waals surface area contributed by atoms with Gasteiger partial charge in [0.15, 0.2) is 5.83 Å². The average molecular weight is 601 g/mol. The number of allylic oxidation sites excluding steroid dienone is 1. The third-order valence-electron chi connectivity index (χ3n) is 8.83. The van der Waals surface area contributed by atoms with E-state index >= 15 is 0 Å². The predicted molar refractivity (Wildman–Crippen MR) is 167 cm³/mol. The summed E-state index contributed by atoms with van der Waals surface area (Å²) in [7, 11) is 2.10. The summed E-state index contributed by atoms with van der Waals surface area (Å²) in [6.07, 6.45) is 5.85. The maximum absolute atomic E-state index is 13.8. The second kappa shape index (κ2) is 12.3. The molecule has 2 unspecified atom stereocenters. The van der Waals surface area contributed by atoms with E-state index in [0.717, 1.165) is 64.8 Å². The minimum Gasteiger partial charge on any atom is -0.462 e. The number of nitriles is 1. The van der Waals surface area contributed by atoms with Crippen LogP contribution < -0.4 is 9.64 Å². The summed E-state index contributed by atoms with van der Waals surface area (Å²) in [4.78, 5) is 28.1. The molecule has 3 aromatic rings. The number of carbonyl (C=O) groups excluding carboxylic acids is 1. The summed E-state index contributed by atoms with van der Waals surface area (Å²) >= 11 is 6.68. The number of anilines is 1. The number of rotatable bonds is 7. The van der Waals surface area contributed by atoms with E-state index in [9.17, 15) is 14.4 Å². The first-order valence-corrected chi connectivity index (χ1v) is 15.1. The van der Waals surface area contributed by atoms with Crippen LogP contribution in [0.25, 0.3) is 22.4 Å². The normalized spacial score (nSPS) is 20.5. The number of aromatic nitrogens is 2. The van der Waals surface area contributed by atoms with Crippen LogP contribution in [-0.2, 0) is 11.2 Å². The molecule has 0 N–H and O–H groups in total. The summed E-state index contributed by atoms with van der Waals surface area (Å²) in [5.74, 6) is -1.05. The molecule has 2 atom stereocenters. The van der Waals surface area contributed by atoms with Crippen molar-refractivity contribution in [3.8, 4) is 12.1 Å². The Labute approximate surface area is 256 Å². The lowest BCUT2D eigenvalue weighted by molar-refractivity contribution is -0.131. The van der Waals surface area contributed by atoms with E-state index in [2.05, 4.69) is 53.8 Å². The maximum Gasteiger partial charge on any atom is 0.318 e. The number of piperazine rings is 1. The van der Waals surface area contributed by atoms with Crippen LogP contribution in [0.2, 0.25) is 5.02 Å². The molecule has 222 valence electrons. The van der Waals surface area contributed by atoms with E-state index in [1.165, 1.54) is 4.90 Å². The number of carbonyl (C=O) groups is 1. The molecule has 43 heavy (non-hydrogen) atoms. The summed E-state index contributed by atoms with van der Waals surface area (Å²) in [5.41, 5.74) is 4.00. The topological polar surface area (TPSA) is 85.6 Å². The highest BCUT2D eigenvalue weighted by Gasteiger charge is 2.34. The van der Waals surface area contributed by atoms with E-state index in [0.29, 0.717) is 43.2 Å². The van der Waals surface area contributed by atoms with Gasteiger partial charge in [-0.05, 0) is 67.9 Å². The molecule has 1 amide bonds. The Bertz CT molecular complexity index is 1650. The van der Waals surface area contributed by atoms with Gasteiger partial charge in [0.25, 0.3) is 5.91 Å². The van der Waals surface area contributed by atoms with Crippen molar-refractivity contribution in [2.45, 2.75) is 44.2 Å².